The minimum atomic E-state index is -0.911. The monoisotopic (exact) mass is 386 g/mol. The summed E-state index contributed by atoms with van der Waals surface area (Å²) in [5.74, 6) is -2.19. The largest absolute Gasteiger partial charge is 0.481 e. The zero-order valence-electron chi connectivity index (χ0n) is 15.9. The molecule has 3 atom stereocenters. The molecule has 150 valence electrons. The topological polar surface area (TPSA) is 94.8 Å². The fourth-order valence-corrected chi connectivity index (χ4v) is 4.72. The minimum Gasteiger partial charge on any atom is -0.481 e. The maximum Gasteiger partial charge on any atom is 0.313 e. The number of hydrogen-bond donors (Lipinski definition) is 3. The summed E-state index contributed by atoms with van der Waals surface area (Å²) in [6.07, 6.45) is 12.4. The van der Waals surface area contributed by atoms with Gasteiger partial charge in [-0.1, -0.05) is 57.1 Å². The predicted octanol–water partition coefficient (Wildman–Crippen LogP) is 4.49. The van der Waals surface area contributed by atoms with Crippen LogP contribution in [0, 0.1) is 5.92 Å². The van der Waals surface area contributed by atoms with Crippen LogP contribution >= 0.6 is 11.8 Å². The number of hydrogen-bond acceptors (Lipinski definition) is 4. The zero-order chi connectivity index (χ0) is 19.4. The van der Waals surface area contributed by atoms with Gasteiger partial charge in [0.15, 0.2) is 0 Å². The number of thioether (sulfide) groups is 1. The number of aliphatic hydroxyl groups excluding tert-OH is 1. The van der Waals surface area contributed by atoms with Crippen molar-refractivity contribution in [2.75, 3.05) is 5.75 Å². The minimum absolute atomic E-state index is 0.0592. The molecule has 0 radical (unpaired) electrons. The van der Waals surface area contributed by atoms with Gasteiger partial charge in [-0.15, -0.1) is 11.8 Å². The van der Waals surface area contributed by atoms with E-state index in [1.807, 2.05) is 0 Å². The molecule has 0 unspecified atom stereocenters. The normalized spacial score (nSPS) is 24.7. The summed E-state index contributed by atoms with van der Waals surface area (Å²) >= 11 is 1.22. The highest BCUT2D eigenvalue weighted by atomic mass is 32.2. The van der Waals surface area contributed by atoms with Gasteiger partial charge in [0.25, 0.3) is 0 Å². The number of carboxylic acid groups (broad SMARTS) is 2. The van der Waals surface area contributed by atoms with E-state index in [1.54, 1.807) is 0 Å². The lowest BCUT2D eigenvalue weighted by Gasteiger charge is -2.36. The van der Waals surface area contributed by atoms with Crippen LogP contribution in [-0.2, 0) is 9.59 Å². The third-order valence-electron chi connectivity index (χ3n) is 5.00. The SMILES string of the molecule is CCCCCCCCCC=C1CC[C@@H](CC(=O)O)[C@H](O)[C@H]1SCC(=O)O. The Balaban J connectivity index is 2.51. The molecule has 5 nitrogen and oxygen atoms in total. The van der Waals surface area contributed by atoms with Crippen molar-refractivity contribution in [3.05, 3.63) is 11.6 Å². The molecule has 0 aromatic rings. The van der Waals surface area contributed by atoms with Crippen LogP contribution in [0.5, 0.6) is 0 Å². The van der Waals surface area contributed by atoms with Gasteiger partial charge in [-0.2, -0.15) is 0 Å². The number of rotatable bonds is 13. The quantitative estimate of drug-likeness (QED) is 0.319. The van der Waals surface area contributed by atoms with Gasteiger partial charge >= 0.3 is 11.9 Å². The molecule has 1 rings (SSSR count). The van der Waals surface area contributed by atoms with Crippen LogP contribution in [0.4, 0.5) is 0 Å². The maximum atomic E-state index is 11.0. The third-order valence-corrected chi connectivity index (χ3v) is 6.35. The van der Waals surface area contributed by atoms with Crippen LogP contribution in [0.25, 0.3) is 0 Å². The molecule has 6 heteroatoms. The van der Waals surface area contributed by atoms with E-state index in [9.17, 15) is 14.7 Å². The van der Waals surface area contributed by atoms with E-state index >= 15 is 0 Å². The lowest BCUT2D eigenvalue weighted by atomic mass is 9.80. The summed E-state index contributed by atoms with van der Waals surface area (Å²) in [5.41, 5.74) is 1.09. The number of carbonyl (C=O) groups is 2. The molecular formula is C20H34O5S. The van der Waals surface area contributed by atoms with Gasteiger partial charge in [-0.25, -0.2) is 0 Å². The summed E-state index contributed by atoms with van der Waals surface area (Å²) in [6.45, 7) is 2.21. The first-order valence-corrected chi connectivity index (χ1v) is 10.9. The highest BCUT2D eigenvalue weighted by Crippen LogP contribution is 2.38. The van der Waals surface area contributed by atoms with Gasteiger partial charge in [-0.3, -0.25) is 9.59 Å². The molecule has 0 saturated heterocycles. The third kappa shape index (κ3) is 9.08. The van der Waals surface area contributed by atoms with Crippen LogP contribution in [0.15, 0.2) is 11.6 Å². The lowest BCUT2D eigenvalue weighted by molar-refractivity contribution is -0.139. The number of aliphatic hydroxyl groups is 1. The van der Waals surface area contributed by atoms with Crippen molar-refractivity contribution in [2.45, 2.75) is 88.9 Å². The van der Waals surface area contributed by atoms with Gasteiger partial charge in [0.2, 0.25) is 0 Å². The molecule has 26 heavy (non-hydrogen) atoms. The Morgan fingerprint density at radius 2 is 1.73 bits per heavy atom. The van der Waals surface area contributed by atoms with Crippen molar-refractivity contribution < 1.29 is 24.9 Å². The fourth-order valence-electron chi connectivity index (χ4n) is 3.55. The van der Waals surface area contributed by atoms with Crippen molar-refractivity contribution >= 4 is 23.7 Å². The zero-order valence-corrected chi connectivity index (χ0v) is 16.7. The van der Waals surface area contributed by atoms with E-state index in [4.69, 9.17) is 10.2 Å². The number of allylic oxidation sites excluding steroid dienone is 1. The Labute approximate surface area is 161 Å². The molecule has 0 bridgehead atoms. The van der Waals surface area contributed by atoms with Gasteiger partial charge in [0.05, 0.1) is 23.5 Å². The van der Waals surface area contributed by atoms with E-state index in [0.29, 0.717) is 6.42 Å². The summed E-state index contributed by atoms with van der Waals surface area (Å²) in [6, 6.07) is 0. The second kappa shape index (κ2) is 13.2. The molecule has 1 aliphatic rings. The summed E-state index contributed by atoms with van der Waals surface area (Å²) in [4.78, 5) is 21.9. The number of carboxylic acids is 2. The summed E-state index contributed by atoms with van der Waals surface area (Å²) < 4.78 is 0. The van der Waals surface area contributed by atoms with Gasteiger partial charge in [-0.05, 0) is 31.6 Å². The molecule has 1 fully saturated rings. The molecule has 1 saturated carbocycles. The van der Waals surface area contributed by atoms with Crippen LogP contribution in [0.1, 0.15) is 77.6 Å². The average Bonchev–Trinajstić information content (AvgIpc) is 2.58. The van der Waals surface area contributed by atoms with Crippen molar-refractivity contribution in [1.29, 1.82) is 0 Å². The van der Waals surface area contributed by atoms with Gasteiger partial charge in [0, 0.05) is 0 Å². The Hall–Kier alpha value is -1.01. The summed E-state index contributed by atoms with van der Waals surface area (Å²) in [7, 11) is 0. The van der Waals surface area contributed by atoms with E-state index < -0.39 is 18.0 Å². The Morgan fingerprint density at radius 1 is 1.08 bits per heavy atom. The number of unbranched alkanes of at least 4 members (excludes halogenated alkanes) is 7. The van der Waals surface area contributed by atoms with E-state index in [2.05, 4.69) is 13.0 Å². The molecule has 0 aromatic heterocycles. The molecule has 0 amide bonds. The lowest BCUT2D eigenvalue weighted by Crippen LogP contribution is -2.38. The van der Waals surface area contributed by atoms with Crippen molar-refractivity contribution in [3.63, 3.8) is 0 Å². The molecule has 0 aromatic carbocycles. The van der Waals surface area contributed by atoms with E-state index in [0.717, 1.165) is 24.8 Å². The summed E-state index contributed by atoms with van der Waals surface area (Å²) in [5, 5.41) is 28.2. The Bertz CT molecular complexity index is 463. The average molecular weight is 387 g/mol. The van der Waals surface area contributed by atoms with Crippen LogP contribution in [0.3, 0.4) is 0 Å². The molecule has 0 spiro atoms. The van der Waals surface area contributed by atoms with E-state index in [1.165, 1.54) is 50.3 Å². The fraction of sp³-hybridized carbons (Fsp3) is 0.800. The van der Waals surface area contributed by atoms with Crippen molar-refractivity contribution in [3.8, 4) is 0 Å². The first kappa shape index (κ1) is 23.0. The standard InChI is InChI=1S/C20H34O5S/c1-2-3-4-5-6-7-8-9-10-15-11-12-16(13-17(21)22)19(25)20(15)26-14-18(23)24/h10,16,19-20,25H,2-9,11-14H2,1H3,(H,21,22)(H,23,24)/t16-,19-,20-/m0/s1. The van der Waals surface area contributed by atoms with Crippen LogP contribution in [0.2, 0.25) is 0 Å². The second-order valence-corrected chi connectivity index (χ2v) is 8.33. The second-order valence-electron chi connectivity index (χ2n) is 7.20. The molecular weight excluding hydrogens is 352 g/mol. The van der Waals surface area contributed by atoms with Crippen LogP contribution < -0.4 is 0 Å². The first-order valence-electron chi connectivity index (χ1n) is 9.87. The smallest absolute Gasteiger partial charge is 0.313 e. The molecule has 0 heterocycles. The number of aliphatic carboxylic acids is 2. The van der Waals surface area contributed by atoms with Gasteiger partial charge in [0.1, 0.15) is 0 Å². The maximum absolute atomic E-state index is 11.0. The van der Waals surface area contributed by atoms with Crippen LogP contribution in [-0.4, -0.2) is 44.4 Å². The highest BCUT2D eigenvalue weighted by molar-refractivity contribution is 8.00. The molecule has 1 aliphatic carbocycles. The van der Waals surface area contributed by atoms with Gasteiger partial charge < -0.3 is 15.3 Å². The highest BCUT2D eigenvalue weighted by Gasteiger charge is 2.36. The Kier molecular flexibility index (Phi) is 11.7. The van der Waals surface area contributed by atoms with Crippen molar-refractivity contribution in [1.82, 2.24) is 0 Å². The Morgan fingerprint density at radius 3 is 2.35 bits per heavy atom. The van der Waals surface area contributed by atoms with Crippen molar-refractivity contribution in [2.24, 2.45) is 5.92 Å². The first-order chi connectivity index (χ1) is 12.5. The molecule has 0 aliphatic heterocycles. The molecule has 3 N–H and O–H groups in total. The van der Waals surface area contributed by atoms with E-state index in [-0.39, 0.29) is 23.3 Å². The predicted molar refractivity (Wildman–Crippen MR) is 106 cm³/mol.